The van der Waals surface area contributed by atoms with Crippen LogP contribution in [0.15, 0.2) is 18.2 Å². The van der Waals surface area contributed by atoms with E-state index in [0.29, 0.717) is 26.4 Å². The number of amides is 1. The van der Waals surface area contributed by atoms with E-state index in [1.165, 1.54) is 16.9 Å². The Hall–Kier alpha value is -2.18. The zero-order valence-electron chi connectivity index (χ0n) is 16.9. The summed E-state index contributed by atoms with van der Waals surface area (Å²) >= 11 is 7.41. The molecule has 1 N–H and O–H groups in total. The fourth-order valence-corrected chi connectivity index (χ4v) is 4.31. The molecule has 0 aliphatic heterocycles. The third kappa shape index (κ3) is 4.13. The van der Waals surface area contributed by atoms with Crippen LogP contribution in [0.25, 0.3) is 5.13 Å². The first-order chi connectivity index (χ1) is 13.3. The smallest absolute Gasteiger partial charge is 0.267 e. The Balaban J connectivity index is 1.89. The van der Waals surface area contributed by atoms with Gasteiger partial charge in [0.2, 0.25) is 5.13 Å². The van der Waals surface area contributed by atoms with Gasteiger partial charge in [-0.1, -0.05) is 42.3 Å². The molecule has 1 aromatic carbocycles. The molecule has 1 amide bonds. The molecule has 0 fully saturated rings. The minimum Gasteiger partial charge on any atom is -0.321 e. The number of nitrogens with zero attached hydrogens (tertiary/aromatic N) is 3. The van der Waals surface area contributed by atoms with E-state index in [-0.39, 0.29) is 5.91 Å². The number of unbranched alkanes of at least 4 members (excludes halogenated alkanes) is 1. The van der Waals surface area contributed by atoms with Gasteiger partial charge in [0.25, 0.3) is 5.91 Å². The number of rotatable bonds is 6. The number of carbonyl (C=O) groups excluding carboxylic acids is 1. The second kappa shape index (κ2) is 8.45. The van der Waals surface area contributed by atoms with Crippen molar-refractivity contribution in [1.29, 1.82) is 0 Å². The SMILES string of the molecule is CCCCc1c(C)nn(-c2nc(C)c(C(=O)Nc3cc(Cl)ccc3C)s2)c1C. The lowest BCUT2D eigenvalue weighted by molar-refractivity contribution is 0.102. The van der Waals surface area contributed by atoms with Crippen molar-refractivity contribution in [3.05, 3.63) is 56.3 Å². The highest BCUT2D eigenvalue weighted by molar-refractivity contribution is 7.16. The third-order valence-electron chi connectivity index (χ3n) is 4.84. The summed E-state index contributed by atoms with van der Waals surface area (Å²) in [6.07, 6.45) is 3.30. The number of aryl methyl sites for hydroxylation is 3. The molecule has 28 heavy (non-hydrogen) atoms. The maximum absolute atomic E-state index is 12.8. The second-order valence-electron chi connectivity index (χ2n) is 6.99. The molecule has 2 aromatic heterocycles. The minimum absolute atomic E-state index is 0.181. The number of anilines is 1. The summed E-state index contributed by atoms with van der Waals surface area (Å²) in [5.74, 6) is -0.181. The van der Waals surface area contributed by atoms with Crippen molar-refractivity contribution in [3.8, 4) is 5.13 Å². The van der Waals surface area contributed by atoms with Gasteiger partial charge < -0.3 is 5.32 Å². The van der Waals surface area contributed by atoms with Crippen molar-refractivity contribution < 1.29 is 4.79 Å². The van der Waals surface area contributed by atoms with Crippen LogP contribution in [-0.2, 0) is 6.42 Å². The lowest BCUT2D eigenvalue weighted by Crippen LogP contribution is -2.12. The minimum atomic E-state index is -0.181. The van der Waals surface area contributed by atoms with Crippen LogP contribution in [-0.4, -0.2) is 20.7 Å². The Labute approximate surface area is 174 Å². The quantitative estimate of drug-likeness (QED) is 0.551. The molecule has 3 aromatic rings. The molecule has 0 radical (unpaired) electrons. The molecule has 0 unspecified atom stereocenters. The fourth-order valence-electron chi connectivity index (χ4n) is 3.17. The van der Waals surface area contributed by atoms with Gasteiger partial charge >= 0.3 is 0 Å². The van der Waals surface area contributed by atoms with Crippen molar-refractivity contribution in [2.45, 2.75) is 53.9 Å². The molecule has 0 saturated carbocycles. The molecule has 148 valence electrons. The van der Waals surface area contributed by atoms with Crippen LogP contribution in [0.5, 0.6) is 0 Å². The van der Waals surface area contributed by atoms with Gasteiger partial charge in [-0.15, -0.1) is 0 Å². The van der Waals surface area contributed by atoms with Crippen molar-refractivity contribution in [3.63, 3.8) is 0 Å². The topological polar surface area (TPSA) is 59.8 Å². The van der Waals surface area contributed by atoms with Gasteiger partial charge in [-0.3, -0.25) is 4.79 Å². The van der Waals surface area contributed by atoms with Crippen LogP contribution in [0.4, 0.5) is 5.69 Å². The predicted molar refractivity (Wildman–Crippen MR) is 116 cm³/mol. The Morgan fingerprint density at radius 3 is 2.68 bits per heavy atom. The highest BCUT2D eigenvalue weighted by atomic mass is 35.5. The first-order valence-corrected chi connectivity index (χ1v) is 10.6. The number of carbonyl (C=O) groups is 1. The van der Waals surface area contributed by atoms with E-state index in [4.69, 9.17) is 11.6 Å². The van der Waals surface area contributed by atoms with Crippen molar-refractivity contribution in [2.24, 2.45) is 0 Å². The average molecular weight is 417 g/mol. The van der Waals surface area contributed by atoms with E-state index in [1.54, 1.807) is 6.07 Å². The van der Waals surface area contributed by atoms with Crippen LogP contribution in [0.1, 0.15) is 57.6 Å². The second-order valence-corrected chi connectivity index (χ2v) is 8.40. The monoisotopic (exact) mass is 416 g/mol. The van der Waals surface area contributed by atoms with Gasteiger partial charge in [0.05, 0.1) is 11.4 Å². The molecular formula is C21H25ClN4OS. The van der Waals surface area contributed by atoms with Gasteiger partial charge in [0.1, 0.15) is 4.88 Å². The van der Waals surface area contributed by atoms with Crippen LogP contribution >= 0.6 is 22.9 Å². The molecular weight excluding hydrogens is 392 g/mol. The van der Waals surface area contributed by atoms with E-state index in [9.17, 15) is 4.79 Å². The van der Waals surface area contributed by atoms with Gasteiger partial charge in [0, 0.05) is 16.4 Å². The summed E-state index contributed by atoms with van der Waals surface area (Å²) in [6, 6.07) is 5.45. The normalized spacial score (nSPS) is 11.1. The van der Waals surface area contributed by atoms with Gasteiger partial charge in [0.15, 0.2) is 0 Å². The molecule has 2 heterocycles. The maximum Gasteiger partial charge on any atom is 0.267 e. The maximum atomic E-state index is 12.8. The number of hydrogen-bond acceptors (Lipinski definition) is 4. The van der Waals surface area contributed by atoms with E-state index in [2.05, 4.69) is 29.2 Å². The summed E-state index contributed by atoms with van der Waals surface area (Å²) in [4.78, 5) is 18.0. The molecule has 3 rings (SSSR count). The fraction of sp³-hybridized carbons (Fsp3) is 0.381. The van der Waals surface area contributed by atoms with Crippen LogP contribution in [0, 0.1) is 27.7 Å². The lowest BCUT2D eigenvalue weighted by Gasteiger charge is -2.08. The number of halogens is 1. The third-order valence-corrected chi connectivity index (χ3v) is 6.21. The number of benzene rings is 1. The number of aromatic nitrogens is 3. The van der Waals surface area contributed by atoms with Gasteiger partial charge in [-0.25, -0.2) is 9.67 Å². The Morgan fingerprint density at radius 1 is 1.21 bits per heavy atom. The lowest BCUT2D eigenvalue weighted by atomic mass is 10.1. The standard InChI is InChI=1S/C21H25ClN4OS/c1-6-7-8-17-13(3)25-26(15(17)5)21-23-14(4)19(28-21)20(27)24-18-11-16(22)10-9-12(18)2/h9-11H,6-8H2,1-5H3,(H,24,27). The highest BCUT2D eigenvalue weighted by Gasteiger charge is 2.20. The molecule has 7 heteroatoms. The molecule has 5 nitrogen and oxygen atoms in total. The Kier molecular flexibility index (Phi) is 6.20. The van der Waals surface area contributed by atoms with Crippen LogP contribution < -0.4 is 5.32 Å². The largest absolute Gasteiger partial charge is 0.321 e. The van der Waals surface area contributed by atoms with Crippen molar-refractivity contribution in [2.75, 3.05) is 5.32 Å². The first-order valence-electron chi connectivity index (χ1n) is 9.42. The Morgan fingerprint density at radius 2 is 1.96 bits per heavy atom. The summed E-state index contributed by atoms with van der Waals surface area (Å²) < 4.78 is 1.86. The average Bonchev–Trinajstić information content (AvgIpc) is 3.16. The Bertz CT molecular complexity index is 1020. The van der Waals surface area contributed by atoms with Crippen molar-refractivity contribution >= 4 is 34.5 Å². The van der Waals surface area contributed by atoms with E-state index >= 15 is 0 Å². The highest BCUT2D eigenvalue weighted by Crippen LogP contribution is 2.27. The molecule has 0 aliphatic rings. The van der Waals surface area contributed by atoms with E-state index in [1.807, 2.05) is 37.6 Å². The van der Waals surface area contributed by atoms with Gasteiger partial charge in [-0.05, 0) is 63.8 Å². The number of thiazole rings is 1. The van der Waals surface area contributed by atoms with Crippen LogP contribution in [0.2, 0.25) is 5.02 Å². The number of hydrogen-bond donors (Lipinski definition) is 1. The summed E-state index contributed by atoms with van der Waals surface area (Å²) in [6.45, 7) is 10.1. The molecule has 0 bridgehead atoms. The first kappa shape index (κ1) is 20.6. The summed E-state index contributed by atoms with van der Waals surface area (Å²) in [7, 11) is 0. The zero-order valence-corrected chi connectivity index (χ0v) is 18.5. The van der Waals surface area contributed by atoms with Crippen molar-refractivity contribution in [1.82, 2.24) is 14.8 Å². The zero-order chi connectivity index (χ0) is 20.4. The van der Waals surface area contributed by atoms with Crippen LogP contribution in [0.3, 0.4) is 0 Å². The molecule has 0 spiro atoms. The van der Waals surface area contributed by atoms with E-state index in [0.717, 1.165) is 36.2 Å². The van der Waals surface area contributed by atoms with E-state index < -0.39 is 0 Å². The predicted octanol–water partition coefficient (Wildman–Crippen LogP) is 5.81. The summed E-state index contributed by atoms with van der Waals surface area (Å²) in [5, 5.41) is 8.93. The molecule has 0 saturated heterocycles. The molecule has 0 atom stereocenters. The molecule has 0 aliphatic carbocycles. The number of nitrogens with one attached hydrogen (secondary N) is 1. The summed E-state index contributed by atoms with van der Waals surface area (Å²) in [5.41, 5.74) is 5.76. The van der Waals surface area contributed by atoms with Gasteiger partial charge in [-0.2, -0.15) is 5.10 Å².